The Morgan fingerprint density at radius 3 is 2.26 bits per heavy atom. The third-order valence-electron chi connectivity index (χ3n) is 6.38. The number of aryl methyl sites for hydroxylation is 3. The Bertz CT molecular complexity index is 1520. The molecule has 4 nitrogen and oxygen atoms in total. The van der Waals surface area contributed by atoms with E-state index in [-0.39, 0.29) is 5.91 Å². The molecule has 0 saturated carbocycles. The van der Waals surface area contributed by atoms with E-state index in [4.69, 9.17) is 4.98 Å². The molecule has 0 aliphatic carbocycles. The summed E-state index contributed by atoms with van der Waals surface area (Å²) in [5.41, 5.74) is 9.89. The number of anilines is 1. The van der Waals surface area contributed by atoms with Crippen LogP contribution in [0.4, 0.5) is 5.69 Å². The standard InChI is InChI=1S/C31H27N3O/c1-20-4-11-29-27(16-20)28(19-30(34-29)25-8-5-21(2)22(3)17-25)31(35)33-26-9-6-23(7-10-26)18-24-12-14-32-15-13-24/h4-17,19H,18H2,1-3H3,(H,33,35). The van der Waals surface area contributed by atoms with Crippen molar-refractivity contribution in [2.45, 2.75) is 27.2 Å². The molecule has 3 aromatic carbocycles. The predicted octanol–water partition coefficient (Wildman–Crippen LogP) is 7.07. The fourth-order valence-corrected chi connectivity index (χ4v) is 4.22. The number of pyridine rings is 2. The zero-order chi connectivity index (χ0) is 24.4. The van der Waals surface area contributed by atoms with Crippen LogP contribution in [0.3, 0.4) is 0 Å². The summed E-state index contributed by atoms with van der Waals surface area (Å²) in [7, 11) is 0. The maximum Gasteiger partial charge on any atom is 0.256 e. The Morgan fingerprint density at radius 1 is 0.771 bits per heavy atom. The van der Waals surface area contributed by atoms with Crippen LogP contribution in [-0.4, -0.2) is 15.9 Å². The summed E-state index contributed by atoms with van der Waals surface area (Å²) in [6.45, 7) is 6.21. The molecular formula is C31H27N3O. The van der Waals surface area contributed by atoms with Crippen LogP contribution in [0, 0.1) is 20.8 Å². The van der Waals surface area contributed by atoms with Gasteiger partial charge >= 0.3 is 0 Å². The van der Waals surface area contributed by atoms with Crippen LogP contribution in [0.5, 0.6) is 0 Å². The molecule has 0 atom stereocenters. The number of aromatic nitrogens is 2. The number of rotatable bonds is 5. The molecule has 0 saturated heterocycles. The number of nitrogens with one attached hydrogen (secondary N) is 1. The van der Waals surface area contributed by atoms with Crippen molar-refractivity contribution in [1.29, 1.82) is 0 Å². The van der Waals surface area contributed by atoms with Gasteiger partial charge in [0.2, 0.25) is 0 Å². The molecule has 172 valence electrons. The summed E-state index contributed by atoms with van der Waals surface area (Å²) in [6, 6.07) is 26.3. The van der Waals surface area contributed by atoms with Crippen LogP contribution in [0.15, 0.2) is 91.3 Å². The van der Waals surface area contributed by atoms with Gasteiger partial charge in [-0.15, -0.1) is 0 Å². The van der Waals surface area contributed by atoms with E-state index in [0.717, 1.165) is 39.8 Å². The highest BCUT2D eigenvalue weighted by atomic mass is 16.1. The topological polar surface area (TPSA) is 54.9 Å². The number of amides is 1. The monoisotopic (exact) mass is 457 g/mol. The van der Waals surface area contributed by atoms with Crippen LogP contribution < -0.4 is 5.32 Å². The highest BCUT2D eigenvalue weighted by Crippen LogP contribution is 2.28. The number of hydrogen-bond donors (Lipinski definition) is 1. The predicted molar refractivity (Wildman–Crippen MR) is 143 cm³/mol. The molecular weight excluding hydrogens is 430 g/mol. The van der Waals surface area contributed by atoms with Crippen LogP contribution in [0.1, 0.15) is 38.2 Å². The normalized spacial score (nSPS) is 10.9. The van der Waals surface area contributed by atoms with Gasteiger partial charge in [-0.2, -0.15) is 0 Å². The molecule has 5 rings (SSSR count). The minimum atomic E-state index is -0.144. The maximum absolute atomic E-state index is 13.5. The molecule has 35 heavy (non-hydrogen) atoms. The summed E-state index contributed by atoms with van der Waals surface area (Å²) < 4.78 is 0. The van der Waals surface area contributed by atoms with Crippen molar-refractivity contribution in [3.8, 4) is 11.3 Å². The lowest BCUT2D eigenvalue weighted by atomic mass is 9.99. The molecule has 0 fully saturated rings. The number of fused-ring (bicyclic) bond motifs is 1. The van der Waals surface area contributed by atoms with Crippen LogP contribution in [0.25, 0.3) is 22.2 Å². The summed E-state index contributed by atoms with van der Waals surface area (Å²) >= 11 is 0. The maximum atomic E-state index is 13.5. The zero-order valence-electron chi connectivity index (χ0n) is 20.2. The van der Waals surface area contributed by atoms with E-state index in [1.54, 1.807) is 12.4 Å². The molecule has 0 unspecified atom stereocenters. The van der Waals surface area contributed by atoms with Gasteiger partial charge in [0, 0.05) is 29.0 Å². The SMILES string of the molecule is Cc1ccc2nc(-c3ccc(C)c(C)c3)cc(C(=O)Nc3ccc(Cc4ccncc4)cc3)c2c1. The molecule has 0 aliphatic rings. The molecule has 4 heteroatoms. The lowest BCUT2D eigenvalue weighted by Crippen LogP contribution is -2.13. The third-order valence-corrected chi connectivity index (χ3v) is 6.38. The lowest BCUT2D eigenvalue weighted by molar-refractivity contribution is 0.102. The number of hydrogen-bond acceptors (Lipinski definition) is 3. The molecule has 0 bridgehead atoms. The Kier molecular flexibility index (Phi) is 6.11. The van der Waals surface area contributed by atoms with Crippen molar-refractivity contribution in [2.75, 3.05) is 5.32 Å². The van der Waals surface area contributed by atoms with Crippen LogP contribution in [-0.2, 0) is 6.42 Å². The van der Waals surface area contributed by atoms with E-state index < -0.39 is 0 Å². The van der Waals surface area contributed by atoms with E-state index in [2.05, 4.69) is 42.3 Å². The summed E-state index contributed by atoms with van der Waals surface area (Å²) in [4.78, 5) is 22.4. The molecule has 2 aromatic heterocycles. The van der Waals surface area contributed by atoms with Gasteiger partial charge in [0.1, 0.15) is 0 Å². The first-order valence-corrected chi connectivity index (χ1v) is 11.7. The fraction of sp³-hybridized carbons (Fsp3) is 0.129. The fourth-order valence-electron chi connectivity index (χ4n) is 4.22. The third kappa shape index (κ3) is 4.97. The second-order valence-electron chi connectivity index (χ2n) is 9.06. The van der Waals surface area contributed by atoms with Crippen molar-refractivity contribution in [2.24, 2.45) is 0 Å². The summed E-state index contributed by atoms with van der Waals surface area (Å²) in [6.07, 6.45) is 4.43. The van der Waals surface area contributed by atoms with Gasteiger partial charge < -0.3 is 5.32 Å². The van der Waals surface area contributed by atoms with Gasteiger partial charge in [0.25, 0.3) is 5.91 Å². The van der Waals surface area contributed by atoms with Gasteiger partial charge in [-0.05, 0) is 98.0 Å². The van der Waals surface area contributed by atoms with Crippen molar-refractivity contribution in [3.63, 3.8) is 0 Å². The average molecular weight is 458 g/mol. The van der Waals surface area contributed by atoms with Crippen LogP contribution in [0.2, 0.25) is 0 Å². The summed E-state index contributed by atoms with van der Waals surface area (Å²) in [5.74, 6) is -0.144. The van der Waals surface area contributed by atoms with E-state index in [9.17, 15) is 4.79 Å². The molecule has 2 heterocycles. The number of carbonyl (C=O) groups excluding carboxylic acids is 1. The average Bonchev–Trinajstić information content (AvgIpc) is 2.87. The highest BCUT2D eigenvalue weighted by molar-refractivity contribution is 6.13. The Morgan fingerprint density at radius 2 is 1.51 bits per heavy atom. The first-order valence-electron chi connectivity index (χ1n) is 11.7. The number of benzene rings is 3. The minimum absolute atomic E-state index is 0.144. The van der Waals surface area contributed by atoms with E-state index >= 15 is 0 Å². The first-order chi connectivity index (χ1) is 17.0. The van der Waals surface area contributed by atoms with Gasteiger partial charge in [-0.25, -0.2) is 4.98 Å². The lowest BCUT2D eigenvalue weighted by Gasteiger charge is -2.12. The van der Waals surface area contributed by atoms with Gasteiger partial charge in [0.15, 0.2) is 0 Å². The highest BCUT2D eigenvalue weighted by Gasteiger charge is 2.15. The minimum Gasteiger partial charge on any atom is -0.322 e. The molecule has 5 aromatic rings. The van der Waals surface area contributed by atoms with Crippen molar-refractivity contribution in [3.05, 3.63) is 125 Å². The zero-order valence-corrected chi connectivity index (χ0v) is 20.2. The van der Waals surface area contributed by atoms with Gasteiger partial charge in [0.05, 0.1) is 16.8 Å². The van der Waals surface area contributed by atoms with Crippen molar-refractivity contribution in [1.82, 2.24) is 9.97 Å². The second kappa shape index (κ2) is 9.51. The first kappa shape index (κ1) is 22.5. The molecule has 0 radical (unpaired) electrons. The van der Waals surface area contributed by atoms with Gasteiger partial charge in [-0.3, -0.25) is 9.78 Å². The Labute approximate surface area is 205 Å². The van der Waals surface area contributed by atoms with Crippen LogP contribution >= 0.6 is 0 Å². The van der Waals surface area contributed by atoms with Crippen molar-refractivity contribution < 1.29 is 4.79 Å². The second-order valence-corrected chi connectivity index (χ2v) is 9.06. The largest absolute Gasteiger partial charge is 0.322 e. The van der Waals surface area contributed by atoms with E-state index in [1.807, 2.05) is 67.6 Å². The van der Waals surface area contributed by atoms with E-state index in [1.165, 1.54) is 22.3 Å². The smallest absolute Gasteiger partial charge is 0.256 e. The Hall–Kier alpha value is -4.31. The van der Waals surface area contributed by atoms with E-state index in [0.29, 0.717) is 5.56 Å². The number of nitrogens with zero attached hydrogens (tertiary/aromatic N) is 2. The van der Waals surface area contributed by atoms with Gasteiger partial charge in [-0.1, -0.05) is 35.9 Å². The molecule has 0 aliphatic heterocycles. The molecule has 1 amide bonds. The molecule has 0 spiro atoms. The van der Waals surface area contributed by atoms with Crippen molar-refractivity contribution >= 4 is 22.5 Å². The molecule has 1 N–H and O–H groups in total. The summed E-state index contributed by atoms with van der Waals surface area (Å²) in [5, 5.41) is 3.93. The number of carbonyl (C=O) groups is 1. The Balaban J connectivity index is 1.46. The quantitative estimate of drug-likeness (QED) is 0.307.